The molecule has 1 aliphatic heterocycles. The van der Waals surface area contributed by atoms with Crippen molar-refractivity contribution in [2.45, 2.75) is 31.7 Å². The molecular weight excluding hydrogens is 262 g/mol. The first-order valence-electron chi connectivity index (χ1n) is 6.22. The summed E-state index contributed by atoms with van der Waals surface area (Å²) in [5, 5.41) is 9.23. The summed E-state index contributed by atoms with van der Waals surface area (Å²) in [6.45, 7) is 2.70. The SMILES string of the molecule is CC(=O)SC1CC(=O)N(Cc2cccc(CO)c2)C1. The summed E-state index contributed by atoms with van der Waals surface area (Å²) in [7, 11) is 0. The molecule has 0 aliphatic carbocycles. The molecule has 102 valence electrons. The molecule has 0 radical (unpaired) electrons. The van der Waals surface area contributed by atoms with Gasteiger partial charge in [0, 0.05) is 31.7 Å². The van der Waals surface area contributed by atoms with Crippen LogP contribution in [0.4, 0.5) is 0 Å². The molecule has 19 heavy (non-hydrogen) atoms. The molecule has 1 unspecified atom stereocenters. The van der Waals surface area contributed by atoms with Crippen LogP contribution in [0.15, 0.2) is 24.3 Å². The minimum absolute atomic E-state index is 0.00456. The van der Waals surface area contributed by atoms with Crippen LogP contribution in [0.3, 0.4) is 0 Å². The highest BCUT2D eigenvalue weighted by atomic mass is 32.2. The molecule has 1 amide bonds. The van der Waals surface area contributed by atoms with E-state index in [0.29, 0.717) is 19.5 Å². The maximum Gasteiger partial charge on any atom is 0.224 e. The first kappa shape index (κ1) is 14.1. The van der Waals surface area contributed by atoms with Crippen molar-refractivity contribution in [3.63, 3.8) is 0 Å². The van der Waals surface area contributed by atoms with Crippen LogP contribution in [0.5, 0.6) is 0 Å². The Bertz CT molecular complexity index is 489. The lowest BCUT2D eigenvalue weighted by atomic mass is 10.1. The van der Waals surface area contributed by atoms with E-state index >= 15 is 0 Å². The molecule has 0 aromatic heterocycles. The molecule has 1 saturated heterocycles. The first-order chi connectivity index (χ1) is 9.08. The summed E-state index contributed by atoms with van der Waals surface area (Å²) >= 11 is 1.25. The van der Waals surface area contributed by atoms with Gasteiger partial charge in [-0.2, -0.15) is 0 Å². The van der Waals surface area contributed by atoms with Crippen molar-refractivity contribution in [1.82, 2.24) is 4.90 Å². The van der Waals surface area contributed by atoms with Crippen molar-refractivity contribution in [2.75, 3.05) is 6.54 Å². The molecule has 5 heteroatoms. The molecule has 0 saturated carbocycles. The van der Waals surface area contributed by atoms with Crippen molar-refractivity contribution < 1.29 is 14.7 Å². The number of amides is 1. The molecule has 1 fully saturated rings. The zero-order chi connectivity index (χ0) is 13.8. The number of benzene rings is 1. The summed E-state index contributed by atoms with van der Waals surface area (Å²) in [6, 6.07) is 7.57. The number of thioether (sulfide) groups is 1. The second-order valence-corrected chi connectivity index (χ2v) is 6.17. The van der Waals surface area contributed by atoms with Gasteiger partial charge in [-0.05, 0) is 11.1 Å². The standard InChI is InChI=1S/C14H17NO3S/c1-10(17)19-13-6-14(18)15(8-13)7-11-3-2-4-12(5-11)9-16/h2-5,13,16H,6-9H2,1H3. The van der Waals surface area contributed by atoms with Gasteiger partial charge in [0.15, 0.2) is 5.12 Å². The van der Waals surface area contributed by atoms with Gasteiger partial charge in [-0.1, -0.05) is 36.0 Å². The lowest BCUT2D eigenvalue weighted by Crippen LogP contribution is -2.25. The molecule has 1 aromatic carbocycles. The lowest BCUT2D eigenvalue weighted by Gasteiger charge is -2.16. The number of rotatable bonds is 4. The van der Waals surface area contributed by atoms with Crippen LogP contribution in [0.1, 0.15) is 24.5 Å². The van der Waals surface area contributed by atoms with Gasteiger partial charge in [-0.25, -0.2) is 0 Å². The quantitative estimate of drug-likeness (QED) is 0.908. The Hall–Kier alpha value is -1.33. The average Bonchev–Trinajstić information content (AvgIpc) is 2.69. The van der Waals surface area contributed by atoms with Crippen molar-refractivity contribution in [3.8, 4) is 0 Å². The second-order valence-electron chi connectivity index (χ2n) is 4.69. The van der Waals surface area contributed by atoms with E-state index in [1.807, 2.05) is 24.3 Å². The molecular formula is C14H17NO3S. The Balaban J connectivity index is 1.99. The van der Waals surface area contributed by atoms with E-state index in [1.165, 1.54) is 18.7 Å². The first-order valence-corrected chi connectivity index (χ1v) is 7.10. The number of carbonyl (C=O) groups is 2. The maximum absolute atomic E-state index is 11.9. The number of nitrogens with zero attached hydrogens (tertiary/aromatic N) is 1. The second kappa shape index (κ2) is 6.21. The largest absolute Gasteiger partial charge is 0.392 e. The maximum atomic E-state index is 11.9. The monoisotopic (exact) mass is 279 g/mol. The molecule has 0 spiro atoms. The third kappa shape index (κ3) is 3.81. The normalized spacial score (nSPS) is 18.9. The molecule has 0 bridgehead atoms. The van der Waals surface area contributed by atoms with Gasteiger partial charge in [0.2, 0.25) is 5.91 Å². The van der Waals surface area contributed by atoms with Crippen LogP contribution in [0.25, 0.3) is 0 Å². The number of hydrogen-bond donors (Lipinski definition) is 1. The van der Waals surface area contributed by atoms with Crippen molar-refractivity contribution in [3.05, 3.63) is 35.4 Å². The zero-order valence-corrected chi connectivity index (χ0v) is 11.7. The molecule has 2 rings (SSSR count). The van der Waals surface area contributed by atoms with E-state index in [2.05, 4.69) is 0 Å². The van der Waals surface area contributed by atoms with Gasteiger partial charge in [-0.3, -0.25) is 9.59 Å². The molecule has 1 aliphatic rings. The lowest BCUT2D eigenvalue weighted by molar-refractivity contribution is -0.128. The molecule has 1 heterocycles. The predicted molar refractivity (Wildman–Crippen MR) is 74.5 cm³/mol. The van der Waals surface area contributed by atoms with Crippen LogP contribution in [0.2, 0.25) is 0 Å². The van der Waals surface area contributed by atoms with Crippen LogP contribution in [0, 0.1) is 0 Å². The summed E-state index contributed by atoms with van der Waals surface area (Å²) in [5.41, 5.74) is 1.85. The molecule has 1 atom stereocenters. The van der Waals surface area contributed by atoms with Gasteiger partial charge in [-0.15, -0.1) is 0 Å². The van der Waals surface area contributed by atoms with Crippen LogP contribution in [-0.2, 0) is 22.7 Å². The minimum Gasteiger partial charge on any atom is -0.392 e. The highest BCUT2D eigenvalue weighted by Crippen LogP contribution is 2.25. The number of aliphatic hydroxyl groups is 1. The summed E-state index contributed by atoms with van der Waals surface area (Å²) in [4.78, 5) is 24.7. The smallest absolute Gasteiger partial charge is 0.224 e. The van der Waals surface area contributed by atoms with Crippen molar-refractivity contribution in [2.24, 2.45) is 0 Å². The van der Waals surface area contributed by atoms with Crippen molar-refractivity contribution in [1.29, 1.82) is 0 Å². The van der Waals surface area contributed by atoms with Crippen LogP contribution < -0.4 is 0 Å². The zero-order valence-electron chi connectivity index (χ0n) is 10.8. The average molecular weight is 279 g/mol. The molecule has 4 nitrogen and oxygen atoms in total. The van der Waals surface area contributed by atoms with Gasteiger partial charge in [0.25, 0.3) is 0 Å². The van der Waals surface area contributed by atoms with Crippen molar-refractivity contribution >= 4 is 22.8 Å². The van der Waals surface area contributed by atoms with E-state index in [1.54, 1.807) is 4.90 Å². The highest BCUT2D eigenvalue weighted by Gasteiger charge is 2.30. The fraction of sp³-hybridized carbons (Fsp3) is 0.429. The van der Waals surface area contributed by atoms with E-state index in [9.17, 15) is 9.59 Å². The van der Waals surface area contributed by atoms with E-state index < -0.39 is 0 Å². The van der Waals surface area contributed by atoms with Gasteiger partial charge >= 0.3 is 0 Å². The fourth-order valence-electron chi connectivity index (χ4n) is 2.25. The van der Waals surface area contributed by atoms with Crippen LogP contribution in [-0.4, -0.2) is 32.8 Å². The van der Waals surface area contributed by atoms with E-state index in [-0.39, 0.29) is 22.9 Å². The fourth-order valence-corrected chi connectivity index (χ4v) is 3.20. The number of aliphatic hydroxyl groups excluding tert-OH is 1. The Labute approximate surface area is 116 Å². The Morgan fingerprint density at radius 3 is 2.89 bits per heavy atom. The molecule has 1 N–H and O–H groups in total. The number of hydrogen-bond acceptors (Lipinski definition) is 4. The summed E-state index contributed by atoms with van der Waals surface area (Å²) in [6.07, 6.45) is 0.434. The Morgan fingerprint density at radius 2 is 2.21 bits per heavy atom. The van der Waals surface area contributed by atoms with Crippen LogP contribution >= 0.6 is 11.8 Å². The molecule has 1 aromatic rings. The Morgan fingerprint density at radius 1 is 1.47 bits per heavy atom. The third-order valence-electron chi connectivity index (χ3n) is 3.06. The number of carbonyl (C=O) groups excluding carboxylic acids is 2. The van der Waals surface area contributed by atoms with Gasteiger partial charge in [0.1, 0.15) is 0 Å². The Kier molecular flexibility index (Phi) is 4.61. The van der Waals surface area contributed by atoms with E-state index in [0.717, 1.165) is 11.1 Å². The van der Waals surface area contributed by atoms with Gasteiger partial charge in [0.05, 0.1) is 6.61 Å². The third-order valence-corrected chi connectivity index (χ3v) is 4.04. The summed E-state index contributed by atoms with van der Waals surface area (Å²) < 4.78 is 0. The summed E-state index contributed by atoms with van der Waals surface area (Å²) in [5.74, 6) is 0.0909. The topological polar surface area (TPSA) is 57.6 Å². The van der Waals surface area contributed by atoms with E-state index in [4.69, 9.17) is 5.11 Å². The highest BCUT2D eigenvalue weighted by molar-refractivity contribution is 8.14. The predicted octanol–water partition coefficient (Wildman–Crippen LogP) is 1.56. The minimum atomic E-state index is 0.00456. The number of likely N-dealkylation sites (tertiary alicyclic amines) is 1. The van der Waals surface area contributed by atoms with Gasteiger partial charge < -0.3 is 10.0 Å².